The summed E-state index contributed by atoms with van der Waals surface area (Å²) in [4.78, 5) is 23.5. The van der Waals surface area contributed by atoms with E-state index in [1.54, 1.807) is 13.0 Å². The Bertz CT molecular complexity index is 683. The molecule has 2 rings (SSSR count). The van der Waals surface area contributed by atoms with Crippen LogP contribution in [0.5, 0.6) is 17.2 Å². The summed E-state index contributed by atoms with van der Waals surface area (Å²) in [5.74, 6) is 1.40. The van der Waals surface area contributed by atoms with E-state index in [0.29, 0.717) is 28.1 Å². The highest BCUT2D eigenvalue weighted by atomic mass is 79.9. The van der Waals surface area contributed by atoms with Crippen molar-refractivity contribution in [1.82, 2.24) is 10.4 Å². The van der Waals surface area contributed by atoms with Gasteiger partial charge in [-0.1, -0.05) is 0 Å². The predicted octanol–water partition coefficient (Wildman–Crippen LogP) is 2.50. The van der Waals surface area contributed by atoms with Gasteiger partial charge in [0.1, 0.15) is 6.61 Å². The van der Waals surface area contributed by atoms with Gasteiger partial charge in [0.25, 0.3) is 0 Å². The van der Waals surface area contributed by atoms with Gasteiger partial charge in [0.15, 0.2) is 11.5 Å². The number of carbonyl (C=O) groups is 2. The molecule has 26 heavy (non-hydrogen) atoms. The molecule has 9 nitrogen and oxygen atoms in total. The molecular weight excluding hydrogens is 412 g/mol. The number of hydrogen-bond acceptors (Lipinski definition) is 7. The van der Waals surface area contributed by atoms with Crippen molar-refractivity contribution in [2.75, 3.05) is 34.5 Å². The highest BCUT2D eigenvalue weighted by molar-refractivity contribution is 9.10. The van der Waals surface area contributed by atoms with Crippen LogP contribution in [0.3, 0.4) is 0 Å². The Kier molecular flexibility index (Phi) is 6.78. The second-order valence-electron chi connectivity index (χ2n) is 5.26. The minimum atomic E-state index is -0.722. The number of hydrazine groups is 1. The molecule has 1 atom stereocenters. The van der Waals surface area contributed by atoms with E-state index in [9.17, 15) is 9.59 Å². The van der Waals surface area contributed by atoms with Gasteiger partial charge in [-0.15, -0.1) is 0 Å². The number of cyclic esters (lactones) is 1. The predicted molar refractivity (Wildman–Crippen MR) is 94.6 cm³/mol. The Morgan fingerprint density at radius 3 is 2.58 bits per heavy atom. The maximum Gasteiger partial charge on any atom is 0.429 e. The molecule has 0 bridgehead atoms. The van der Waals surface area contributed by atoms with Crippen molar-refractivity contribution in [3.8, 4) is 17.2 Å². The molecule has 1 aromatic rings. The fraction of sp³-hybridized carbons (Fsp3) is 0.500. The number of hydrogen-bond donors (Lipinski definition) is 1. The molecule has 1 N–H and O–H groups in total. The zero-order valence-electron chi connectivity index (χ0n) is 15.0. The van der Waals surface area contributed by atoms with Crippen LogP contribution in [0.25, 0.3) is 0 Å². The van der Waals surface area contributed by atoms with Crippen molar-refractivity contribution in [2.45, 2.75) is 19.4 Å². The Morgan fingerprint density at radius 1 is 1.31 bits per heavy atom. The van der Waals surface area contributed by atoms with E-state index in [0.717, 1.165) is 10.6 Å². The maximum atomic E-state index is 11.9. The third-order valence-corrected chi connectivity index (χ3v) is 4.62. The summed E-state index contributed by atoms with van der Waals surface area (Å²) in [6, 6.07) is 1.35. The van der Waals surface area contributed by atoms with Crippen molar-refractivity contribution in [2.24, 2.45) is 0 Å². The fourth-order valence-corrected chi connectivity index (χ4v) is 3.20. The van der Waals surface area contributed by atoms with Gasteiger partial charge in [-0.3, -0.25) is 0 Å². The minimum Gasteiger partial charge on any atom is -0.493 e. The SMILES string of the molecule is CCOC(=O)NN1C(=O)OCC1Cc1cc(OC)c(OC)c(OC)c1Br. The van der Waals surface area contributed by atoms with E-state index in [-0.39, 0.29) is 13.2 Å². The van der Waals surface area contributed by atoms with Crippen molar-refractivity contribution in [3.63, 3.8) is 0 Å². The van der Waals surface area contributed by atoms with Crippen LogP contribution in [0.2, 0.25) is 0 Å². The normalized spacial score (nSPS) is 16.1. The number of ether oxygens (including phenoxy) is 5. The van der Waals surface area contributed by atoms with Gasteiger partial charge in [0.2, 0.25) is 5.75 Å². The summed E-state index contributed by atoms with van der Waals surface area (Å²) in [5, 5.41) is 1.12. The van der Waals surface area contributed by atoms with E-state index in [4.69, 9.17) is 23.7 Å². The first kappa shape index (κ1) is 20.0. The Morgan fingerprint density at radius 2 is 2.00 bits per heavy atom. The number of methoxy groups -OCH3 is 3. The average Bonchev–Trinajstić information content (AvgIpc) is 2.96. The molecule has 0 spiro atoms. The lowest BCUT2D eigenvalue weighted by molar-refractivity contribution is 0.107. The van der Waals surface area contributed by atoms with Crippen LogP contribution in [0, 0.1) is 0 Å². The number of halogens is 1. The smallest absolute Gasteiger partial charge is 0.429 e. The molecule has 1 saturated heterocycles. The van der Waals surface area contributed by atoms with Gasteiger partial charge in [0, 0.05) is 0 Å². The highest BCUT2D eigenvalue weighted by Gasteiger charge is 2.36. The molecule has 1 aliphatic heterocycles. The maximum absolute atomic E-state index is 11.9. The second-order valence-corrected chi connectivity index (χ2v) is 6.05. The monoisotopic (exact) mass is 432 g/mol. The molecule has 1 unspecified atom stereocenters. The van der Waals surface area contributed by atoms with Gasteiger partial charge >= 0.3 is 12.2 Å². The Hall–Kier alpha value is -2.36. The summed E-state index contributed by atoms with van der Waals surface area (Å²) in [6.45, 7) is 1.98. The third kappa shape index (κ3) is 4.06. The second kappa shape index (κ2) is 8.84. The van der Waals surface area contributed by atoms with E-state index in [2.05, 4.69) is 21.4 Å². The molecular formula is C16H21BrN2O7. The fourth-order valence-electron chi connectivity index (χ4n) is 2.58. The lowest BCUT2D eigenvalue weighted by Crippen LogP contribution is -2.48. The standard InChI is InChI=1S/C16H21BrN2O7/c1-5-25-15(20)18-19-10(8-26-16(19)21)6-9-7-11(22-2)13(23-3)14(24-4)12(9)17/h7,10H,5-6,8H2,1-4H3,(H,18,20). The molecule has 1 heterocycles. The lowest BCUT2D eigenvalue weighted by Gasteiger charge is -2.23. The van der Waals surface area contributed by atoms with Crippen LogP contribution in [0.15, 0.2) is 10.5 Å². The number of benzene rings is 1. The third-order valence-electron chi connectivity index (χ3n) is 3.75. The molecule has 0 saturated carbocycles. The van der Waals surface area contributed by atoms with E-state index >= 15 is 0 Å². The molecule has 0 aromatic heterocycles. The van der Waals surface area contributed by atoms with E-state index in [1.807, 2.05) is 0 Å². The number of nitrogens with one attached hydrogen (secondary N) is 1. The van der Waals surface area contributed by atoms with Gasteiger partial charge in [-0.25, -0.2) is 20.0 Å². The van der Waals surface area contributed by atoms with Crippen LogP contribution < -0.4 is 19.6 Å². The molecule has 1 fully saturated rings. The van der Waals surface area contributed by atoms with Crippen molar-refractivity contribution >= 4 is 28.1 Å². The first-order chi connectivity index (χ1) is 12.5. The van der Waals surface area contributed by atoms with Crippen molar-refractivity contribution in [3.05, 3.63) is 16.1 Å². The summed E-state index contributed by atoms with van der Waals surface area (Å²) in [5.41, 5.74) is 3.18. The van der Waals surface area contributed by atoms with Gasteiger partial charge in [-0.2, -0.15) is 0 Å². The summed E-state index contributed by atoms with van der Waals surface area (Å²) in [7, 11) is 4.55. The minimum absolute atomic E-state index is 0.119. The number of rotatable bonds is 7. The first-order valence-corrected chi connectivity index (χ1v) is 8.62. The zero-order valence-corrected chi connectivity index (χ0v) is 16.5. The molecule has 10 heteroatoms. The van der Waals surface area contributed by atoms with E-state index < -0.39 is 18.2 Å². The highest BCUT2D eigenvalue weighted by Crippen LogP contribution is 2.45. The van der Waals surface area contributed by atoms with Crippen molar-refractivity contribution < 1.29 is 33.3 Å². The van der Waals surface area contributed by atoms with Crippen LogP contribution in [-0.4, -0.2) is 57.8 Å². The average molecular weight is 433 g/mol. The number of amides is 2. The zero-order chi connectivity index (χ0) is 19.3. The first-order valence-electron chi connectivity index (χ1n) is 7.83. The van der Waals surface area contributed by atoms with Gasteiger partial charge in [0.05, 0.1) is 38.5 Å². The van der Waals surface area contributed by atoms with Crippen molar-refractivity contribution in [1.29, 1.82) is 0 Å². The molecule has 144 valence electrons. The van der Waals surface area contributed by atoms with Crippen LogP contribution in [0.4, 0.5) is 9.59 Å². The van der Waals surface area contributed by atoms with Crippen LogP contribution in [0.1, 0.15) is 12.5 Å². The van der Waals surface area contributed by atoms with Crippen LogP contribution in [-0.2, 0) is 15.9 Å². The number of carbonyl (C=O) groups excluding carboxylic acids is 2. The largest absolute Gasteiger partial charge is 0.493 e. The quantitative estimate of drug-likeness (QED) is 0.706. The molecule has 0 radical (unpaired) electrons. The summed E-state index contributed by atoms with van der Waals surface area (Å²) in [6.07, 6.45) is -0.998. The summed E-state index contributed by atoms with van der Waals surface area (Å²) < 4.78 is 26.6. The number of nitrogens with zero attached hydrogens (tertiary/aromatic N) is 1. The van der Waals surface area contributed by atoms with Crippen LogP contribution >= 0.6 is 15.9 Å². The van der Waals surface area contributed by atoms with E-state index in [1.165, 1.54) is 21.3 Å². The summed E-state index contributed by atoms with van der Waals surface area (Å²) >= 11 is 3.50. The molecule has 1 aromatic carbocycles. The molecule has 1 aliphatic rings. The molecule has 0 aliphatic carbocycles. The Labute approximate surface area is 159 Å². The topological polar surface area (TPSA) is 95.6 Å². The Balaban J connectivity index is 2.28. The molecule has 2 amide bonds. The van der Waals surface area contributed by atoms with Gasteiger partial charge in [-0.05, 0) is 40.9 Å². The van der Waals surface area contributed by atoms with Gasteiger partial charge < -0.3 is 23.7 Å². The lowest BCUT2D eigenvalue weighted by atomic mass is 10.0.